The SMILES string of the molecule is CCCCCCCCCCCCCCOC(=O)CC(=O)OC(CC)C(C)C. The summed E-state index contributed by atoms with van der Waals surface area (Å²) in [6, 6.07) is 0. The first kappa shape index (κ1) is 25.9. The minimum atomic E-state index is -0.477. The highest BCUT2D eigenvalue weighted by Crippen LogP contribution is 2.13. The summed E-state index contributed by atoms with van der Waals surface area (Å²) >= 11 is 0. The first-order valence-electron chi connectivity index (χ1n) is 11.4. The predicted octanol–water partition coefficient (Wildman–Crippen LogP) is 6.60. The summed E-state index contributed by atoms with van der Waals surface area (Å²) in [5.74, 6) is -0.687. The molecule has 0 saturated carbocycles. The van der Waals surface area contributed by atoms with Gasteiger partial charge in [-0.2, -0.15) is 0 Å². The number of hydrogen-bond acceptors (Lipinski definition) is 4. The Labute approximate surface area is 167 Å². The van der Waals surface area contributed by atoms with Crippen molar-refractivity contribution >= 4 is 11.9 Å². The van der Waals surface area contributed by atoms with Crippen LogP contribution in [0, 0.1) is 5.92 Å². The Kier molecular flexibility index (Phi) is 17.6. The number of hydrogen-bond donors (Lipinski definition) is 0. The van der Waals surface area contributed by atoms with Crippen molar-refractivity contribution in [2.75, 3.05) is 6.61 Å². The number of esters is 2. The second kappa shape index (κ2) is 18.3. The molecule has 0 aliphatic heterocycles. The van der Waals surface area contributed by atoms with Gasteiger partial charge in [-0.15, -0.1) is 0 Å². The molecule has 0 aromatic rings. The van der Waals surface area contributed by atoms with Crippen molar-refractivity contribution in [1.29, 1.82) is 0 Å². The fraction of sp³-hybridized carbons (Fsp3) is 0.913. The van der Waals surface area contributed by atoms with Gasteiger partial charge in [-0.1, -0.05) is 98.3 Å². The van der Waals surface area contributed by atoms with Gasteiger partial charge in [-0.3, -0.25) is 9.59 Å². The van der Waals surface area contributed by atoms with E-state index in [4.69, 9.17) is 9.47 Å². The number of carbonyl (C=O) groups excluding carboxylic acids is 2. The maximum atomic E-state index is 11.7. The number of unbranched alkanes of at least 4 members (excludes halogenated alkanes) is 11. The van der Waals surface area contributed by atoms with Gasteiger partial charge in [0.25, 0.3) is 0 Å². The lowest BCUT2D eigenvalue weighted by Crippen LogP contribution is -2.24. The van der Waals surface area contributed by atoms with Gasteiger partial charge >= 0.3 is 11.9 Å². The summed E-state index contributed by atoms with van der Waals surface area (Å²) in [5, 5.41) is 0. The first-order valence-corrected chi connectivity index (χ1v) is 11.4. The van der Waals surface area contributed by atoms with Gasteiger partial charge in [0.2, 0.25) is 0 Å². The van der Waals surface area contributed by atoms with Crippen molar-refractivity contribution in [2.24, 2.45) is 5.92 Å². The molecule has 0 bridgehead atoms. The second-order valence-electron chi connectivity index (χ2n) is 7.97. The van der Waals surface area contributed by atoms with Crippen LogP contribution in [0.2, 0.25) is 0 Å². The minimum absolute atomic E-state index is 0.123. The van der Waals surface area contributed by atoms with E-state index in [1.807, 2.05) is 20.8 Å². The Hall–Kier alpha value is -1.06. The van der Waals surface area contributed by atoms with Gasteiger partial charge in [-0.05, 0) is 18.8 Å². The first-order chi connectivity index (χ1) is 13.0. The Morgan fingerprint density at radius 2 is 1.19 bits per heavy atom. The summed E-state index contributed by atoms with van der Waals surface area (Å²) in [7, 11) is 0. The lowest BCUT2D eigenvalue weighted by molar-refractivity contribution is -0.159. The standard InChI is InChI=1S/C23H44O4/c1-5-7-8-9-10-11-12-13-14-15-16-17-18-26-22(24)19-23(25)27-21(6-2)20(3)4/h20-21H,5-19H2,1-4H3. The van der Waals surface area contributed by atoms with Gasteiger partial charge in [-0.25, -0.2) is 0 Å². The molecule has 0 rings (SSSR count). The summed E-state index contributed by atoms with van der Waals surface area (Å²) in [6.45, 7) is 8.65. The molecular weight excluding hydrogens is 340 g/mol. The van der Waals surface area contributed by atoms with Gasteiger partial charge in [0.15, 0.2) is 0 Å². The van der Waals surface area contributed by atoms with Crippen LogP contribution in [-0.4, -0.2) is 24.6 Å². The minimum Gasteiger partial charge on any atom is -0.465 e. The molecular formula is C23H44O4. The van der Waals surface area contributed by atoms with E-state index in [0.717, 1.165) is 19.3 Å². The average Bonchev–Trinajstić information content (AvgIpc) is 2.63. The highest BCUT2D eigenvalue weighted by molar-refractivity contribution is 5.91. The molecule has 4 nitrogen and oxygen atoms in total. The van der Waals surface area contributed by atoms with Crippen LogP contribution in [0.3, 0.4) is 0 Å². The molecule has 0 amide bonds. The molecule has 0 fully saturated rings. The van der Waals surface area contributed by atoms with Crippen LogP contribution in [0.4, 0.5) is 0 Å². The van der Waals surface area contributed by atoms with Crippen molar-refractivity contribution in [2.45, 2.75) is 124 Å². The van der Waals surface area contributed by atoms with Crippen molar-refractivity contribution in [3.05, 3.63) is 0 Å². The molecule has 4 heteroatoms. The predicted molar refractivity (Wildman–Crippen MR) is 112 cm³/mol. The van der Waals surface area contributed by atoms with Gasteiger partial charge in [0.1, 0.15) is 12.5 Å². The maximum absolute atomic E-state index is 11.7. The quantitative estimate of drug-likeness (QED) is 0.152. The van der Waals surface area contributed by atoms with E-state index in [-0.39, 0.29) is 18.4 Å². The monoisotopic (exact) mass is 384 g/mol. The average molecular weight is 385 g/mol. The topological polar surface area (TPSA) is 52.6 Å². The summed E-state index contributed by atoms with van der Waals surface area (Å²) in [4.78, 5) is 23.4. The molecule has 0 saturated heterocycles. The largest absolute Gasteiger partial charge is 0.465 e. The van der Waals surface area contributed by atoms with E-state index < -0.39 is 11.9 Å². The molecule has 1 unspecified atom stereocenters. The third kappa shape index (κ3) is 16.8. The Bertz CT molecular complexity index is 365. The van der Waals surface area contributed by atoms with Crippen LogP contribution in [-0.2, 0) is 19.1 Å². The maximum Gasteiger partial charge on any atom is 0.317 e. The van der Waals surface area contributed by atoms with Crippen LogP contribution >= 0.6 is 0 Å². The van der Waals surface area contributed by atoms with Crippen molar-refractivity contribution in [3.8, 4) is 0 Å². The van der Waals surface area contributed by atoms with E-state index in [1.165, 1.54) is 64.2 Å². The molecule has 0 N–H and O–H groups in total. The van der Waals surface area contributed by atoms with Gasteiger partial charge in [0, 0.05) is 0 Å². The third-order valence-electron chi connectivity index (χ3n) is 4.98. The van der Waals surface area contributed by atoms with Crippen LogP contribution in [0.1, 0.15) is 118 Å². The van der Waals surface area contributed by atoms with Crippen molar-refractivity contribution in [3.63, 3.8) is 0 Å². The Balaban J connectivity index is 3.44. The molecule has 1 atom stereocenters. The molecule has 0 aromatic carbocycles. The number of rotatable bonds is 18. The molecule has 0 aromatic heterocycles. The van der Waals surface area contributed by atoms with Crippen LogP contribution in [0.25, 0.3) is 0 Å². The molecule has 160 valence electrons. The highest BCUT2D eigenvalue weighted by Gasteiger charge is 2.19. The second-order valence-corrected chi connectivity index (χ2v) is 7.97. The van der Waals surface area contributed by atoms with E-state index in [2.05, 4.69) is 6.92 Å². The lowest BCUT2D eigenvalue weighted by Gasteiger charge is -2.19. The fourth-order valence-corrected chi connectivity index (χ4v) is 3.20. The van der Waals surface area contributed by atoms with E-state index in [1.54, 1.807) is 0 Å². The third-order valence-corrected chi connectivity index (χ3v) is 4.98. The van der Waals surface area contributed by atoms with Crippen LogP contribution in [0.15, 0.2) is 0 Å². The van der Waals surface area contributed by atoms with E-state index in [0.29, 0.717) is 6.61 Å². The fourth-order valence-electron chi connectivity index (χ4n) is 3.20. The summed E-state index contributed by atoms with van der Waals surface area (Å²) < 4.78 is 10.5. The molecule has 0 aliphatic rings. The van der Waals surface area contributed by atoms with Crippen molar-refractivity contribution < 1.29 is 19.1 Å². The van der Waals surface area contributed by atoms with Gasteiger partial charge < -0.3 is 9.47 Å². The number of carbonyl (C=O) groups is 2. The number of ether oxygens (including phenoxy) is 2. The molecule has 0 heterocycles. The lowest BCUT2D eigenvalue weighted by atomic mass is 10.1. The zero-order valence-corrected chi connectivity index (χ0v) is 18.4. The Morgan fingerprint density at radius 3 is 1.63 bits per heavy atom. The molecule has 0 spiro atoms. The summed E-state index contributed by atoms with van der Waals surface area (Å²) in [6.07, 6.45) is 15.7. The highest BCUT2D eigenvalue weighted by atomic mass is 16.6. The Morgan fingerprint density at radius 1 is 0.704 bits per heavy atom. The van der Waals surface area contributed by atoms with E-state index in [9.17, 15) is 9.59 Å². The van der Waals surface area contributed by atoms with Crippen LogP contribution < -0.4 is 0 Å². The molecule has 0 radical (unpaired) electrons. The zero-order chi connectivity index (χ0) is 20.3. The van der Waals surface area contributed by atoms with Crippen LogP contribution in [0.5, 0.6) is 0 Å². The smallest absolute Gasteiger partial charge is 0.317 e. The van der Waals surface area contributed by atoms with E-state index >= 15 is 0 Å². The molecule has 27 heavy (non-hydrogen) atoms. The summed E-state index contributed by atoms with van der Waals surface area (Å²) in [5.41, 5.74) is 0. The van der Waals surface area contributed by atoms with Gasteiger partial charge in [0.05, 0.1) is 6.61 Å². The molecule has 0 aliphatic carbocycles. The normalized spacial score (nSPS) is 12.2. The zero-order valence-electron chi connectivity index (χ0n) is 18.4. The van der Waals surface area contributed by atoms with Crippen molar-refractivity contribution in [1.82, 2.24) is 0 Å².